The van der Waals surface area contributed by atoms with Gasteiger partial charge in [-0.05, 0) is 31.5 Å². The minimum atomic E-state index is 0.0262. The predicted octanol–water partition coefficient (Wildman–Crippen LogP) is 2.39. The molecular weight excluding hydrogens is 228 g/mol. The molecule has 0 spiro atoms. The number of methoxy groups -OCH3 is 1. The lowest BCUT2D eigenvalue weighted by Gasteiger charge is -2.05. The summed E-state index contributed by atoms with van der Waals surface area (Å²) in [6, 6.07) is 7.51. The Kier molecular flexibility index (Phi) is 3.46. The molecule has 2 aromatic rings. The van der Waals surface area contributed by atoms with Crippen molar-refractivity contribution < 1.29 is 9.53 Å². The predicted molar refractivity (Wildman–Crippen MR) is 69.0 cm³/mol. The first-order valence-corrected chi connectivity index (χ1v) is 5.78. The van der Waals surface area contributed by atoms with Gasteiger partial charge in [-0.15, -0.1) is 0 Å². The summed E-state index contributed by atoms with van der Waals surface area (Å²) in [5.74, 6) is 0.819. The van der Waals surface area contributed by atoms with Gasteiger partial charge in [0.2, 0.25) is 5.91 Å². The van der Waals surface area contributed by atoms with E-state index in [9.17, 15) is 4.79 Å². The second-order valence-corrected chi connectivity index (χ2v) is 4.20. The van der Waals surface area contributed by atoms with Gasteiger partial charge in [0.25, 0.3) is 0 Å². The van der Waals surface area contributed by atoms with Gasteiger partial charge in [0, 0.05) is 5.69 Å². The minimum absolute atomic E-state index is 0.0262. The van der Waals surface area contributed by atoms with Crippen molar-refractivity contribution in [2.45, 2.75) is 20.3 Å². The first-order chi connectivity index (χ1) is 8.61. The average molecular weight is 244 g/mol. The van der Waals surface area contributed by atoms with Crippen LogP contribution in [0.2, 0.25) is 0 Å². The normalized spacial score (nSPS) is 10.4. The topological polar surface area (TPSA) is 44.1 Å². The molecule has 4 heteroatoms. The highest BCUT2D eigenvalue weighted by molar-refractivity contribution is 5.82. The van der Waals surface area contributed by atoms with E-state index in [0.717, 1.165) is 22.7 Å². The molecule has 0 radical (unpaired) electrons. The molecule has 94 valence electrons. The number of aromatic nitrogens is 2. The molecule has 0 amide bonds. The van der Waals surface area contributed by atoms with Gasteiger partial charge in [-0.25, -0.2) is 4.98 Å². The summed E-state index contributed by atoms with van der Waals surface area (Å²) >= 11 is 0. The maximum Gasteiger partial charge on any atom is 0.236 e. The van der Waals surface area contributed by atoms with Crippen molar-refractivity contribution in [1.29, 1.82) is 0 Å². The number of ether oxygens (including phenoxy) is 1. The first-order valence-electron chi connectivity index (χ1n) is 5.78. The molecule has 0 bridgehead atoms. The Labute approximate surface area is 106 Å². The molecule has 2 rings (SSSR count). The molecule has 0 fully saturated rings. The van der Waals surface area contributed by atoms with Gasteiger partial charge >= 0.3 is 0 Å². The highest BCUT2D eigenvalue weighted by Gasteiger charge is 2.10. The number of hydrogen-bond acceptors (Lipinski definition) is 3. The van der Waals surface area contributed by atoms with E-state index >= 15 is 0 Å². The van der Waals surface area contributed by atoms with E-state index in [1.807, 2.05) is 38.1 Å². The second kappa shape index (κ2) is 5.04. The number of nitrogens with zero attached hydrogens (tertiary/aromatic N) is 2. The third-order valence-electron chi connectivity index (χ3n) is 3.03. The summed E-state index contributed by atoms with van der Waals surface area (Å²) in [7, 11) is 1.62. The van der Waals surface area contributed by atoms with Crippen LogP contribution in [-0.2, 0) is 6.42 Å². The smallest absolute Gasteiger partial charge is 0.236 e. The monoisotopic (exact) mass is 244 g/mol. The number of benzene rings is 1. The van der Waals surface area contributed by atoms with Gasteiger partial charge in [-0.2, -0.15) is 0 Å². The molecule has 0 aliphatic heterocycles. The first kappa shape index (κ1) is 12.4. The number of carbonyl (C=O) groups excluding carboxylic acids is 1. The van der Waals surface area contributed by atoms with Crippen LogP contribution in [0, 0.1) is 13.8 Å². The van der Waals surface area contributed by atoms with Gasteiger partial charge in [0.15, 0.2) is 0 Å². The van der Waals surface area contributed by atoms with Crippen molar-refractivity contribution in [2.75, 3.05) is 7.11 Å². The Morgan fingerprint density at radius 3 is 2.44 bits per heavy atom. The van der Waals surface area contributed by atoms with Crippen LogP contribution in [0.25, 0.3) is 0 Å². The summed E-state index contributed by atoms with van der Waals surface area (Å²) in [6.45, 7) is 3.79. The fraction of sp³-hybridized carbons (Fsp3) is 0.286. The summed E-state index contributed by atoms with van der Waals surface area (Å²) in [5, 5.41) is 0. The molecule has 1 aromatic carbocycles. The zero-order chi connectivity index (χ0) is 13.1. The maximum absolute atomic E-state index is 12.1. The van der Waals surface area contributed by atoms with Crippen LogP contribution in [0.15, 0.2) is 30.6 Å². The van der Waals surface area contributed by atoms with Crippen LogP contribution in [0.4, 0.5) is 0 Å². The molecule has 0 aliphatic carbocycles. The number of aryl methyl sites for hydroxylation is 1. The van der Waals surface area contributed by atoms with Gasteiger partial charge in [-0.3, -0.25) is 9.36 Å². The van der Waals surface area contributed by atoms with Crippen molar-refractivity contribution in [2.24, 2.45) is 0 Å². The molecule has 0 saturated heterocycles. The third kappa shape index (κ3) is 2.42. The number of imidazole rings is 1. The summed E-state index contributed by atoms with van der Waals surface area (Å²) < 4.78 is 6.68. The van der Waals surface area contributed by atoms with E-state index < -0.39 is 0 Å². The fourth-order valence-electron chi connectivity index (χ4n) is 1.75. The second-order valence-electron chi connectivity index (χ2n) is 4.20. The summed E-state index contributed by atoms with van der Waals surface area (Å²) in [5.41, 5.74) is 2.75. The van der Waals surface area contributed by atoms with E-state index in [1.54, 1.807) is 18.0 Å². The Balaban J connectivity index is 2.13. The average Bonchev–Trinajstić information content (AvgIpc) is 2.71. The molecule has 0 atom stereocenters. The van der Waals surface area contributed by atoms with E-state index in [0.29, 0.717) is 6.42 Å². The van der Waals surface area contributed by atoms with Gasteiger partial charge < -0.3 is 4.74 Å². The lowest BCUT2D eigenvalue weighted by Crippen LogP contribution is -2.14. The molecule has 0 aliphatic rings. The largest absolute Gasteiger partial charge is 0.497 e. The van der Waals surface area contributed by atoms with Crippen molar-refractivity contribution in [3.8, 4) is 5.75 Å². The molecule has 4 nitrogen and oxygen atoms in total. The van der Waals surface area contributed by atoms with Crippen molar-refractivity contribution >= 4 is 5.91 Å². The SMILES string of the molecule is COc1ccc(CC(=O)n2cnc(C)c2C)cc1. The highest BCUT2D eigenvalue weighted by Crippen LogP contribution is 2.13. The molecule has 1 aromatic heterocycles. The zero-order valence-electron chi connectivity index (χ0n) is 10.8. The molecular formula is C14H16N2O2. The van der Waals surface area contributed by atoms with Gasteiger partial charge in [0.05, 0.1) is 19.2 Å². The number of hydrogen-bond donors (Lipinski definition) is 0. The maximum atomic E-state index is 12.1. The van der Waals surface area contributed by atoms with Crippen molar-refractivity contribution in [3.63, 3.8) is 0 Å². The molecule has 0 unspecified atom stereocenters. The lowest BCUT2D eigenvalue weighted by molar-refractivity contribution is 0.0911. The van der Waals surface area contributed by atoms with Crippen LogP contribution < -0.4 is 4.74 Å². The van der Waals surface area contributed by atoms with Crippen LogP contribution in [0.3, 0.4) is 0 Å². The number of rotatable bonds is 3. The highest BCUT2D eigenvalue weighted by atomic mass is 16.5. The lowest BCUT2D eigenvalue weighted by atomic mass is 10.1. The van der Waals surface area contributed by atoms with Gasteiger partial charge in [-0.1, -0.05) is 12.1 Å². The quantitative estimate of drug-likeness (QED) is 0.832. The zero-order valence-corrected chi connectivity index (χ0v) is 10.8. The molecule has 18 heavy (non-hydrogen) atoms. The number of carbonyl (C=O) groups is 1. The van der Waals surface area contributed by atoms with Crippen molar-refractivity contribution in [3.05, 3.63) is 47.5 Å². The van der Waals surface area contributed by atoms with E-state index in [4.69, 9.17) is 4.74 Å². The standard InChI is InChI=1S/C14H16N2O2/c1-10-11(2)16(9-15-10)14(17)8-12-4-6-13(18-3)7-5-12/h4-7,9H,8H2,1-3H3. The van der Waals surface area contributed by atoms with Gasteiger partial charge in [0.1, 0.15) is 12.1 Å². The molecule has 1 heterocycles. The van der Waals surface area contributed by atoms with E-state index in [1.165, 1.54) is 0 Å². The molecule has 0 N–H and O–H groups in total. The van der Waals surface area contributed by atoms with E-state index in [-0.39, 0.29) is 5.91 Å². The fourth-order valence-corrected chi connectivity index (χ4v) is 1.75. The van der Waals surface area contributed by atoms with Crippen LogP contribution >= 0.6 is 0 Å². The summed E-state index contributed by atoms with van der Waals surface area (Å²) in [4.78, 5) is 16.2. The Morgan fingerprint density at radius 1 is 1.28 bits per heavy atom. The minimum Gasteiger partial charge on any atom is -0.497 e. The third-order valence-corrected chi connectivity index (χ3v) is 3.03. The Bertz CT molecular complexity index is 556. The Hall–Kier alpha value is -2.10. The summed E-state index contributed by atoms with van der Waals surface area (Å²) in [6.07, 6.45) is 1.94. The molecule has 0 saturated carbocycles. The van der Waals surface area contributed by atoms with Crippen molar-refractivity contribution in [1.82, 2.24) is 9.55 Å². The van der Waals surface area contributed by atoms with E-state index in [2.05, 4.69) is 4.98 Å². The van der Waals surface area contributed by atoms with Crippen LogP contribution in [0.5, 0.6) is 5.75 Å². The van der Waals surface area contributed by atoms with Crippen LogP contribution in [0.1, 0.15) is 21.7 Å². The van der Waals surface area contributed by atoms with Crippen LogP contribution in [-0.4, -0.2) is 22.6 Å². The Morgan fingerprint density at radius 2 is 1.94 bits per heavy atom.